The summed E-state index contributed by atoms with van der Waals surface area (Å²) in [6.45, 7) is 6.69. The first-order valence-electron chi connectivity index (χ1n) is 36.1. The summed E-state index contributed by atoms with van der Waals surface area (Å²) in [5.74, 6) is -0.846. The highest BCUT2D eigenvalue weighted by Gasteiger charge is 2.19. The van der Waals surface area contributed by atoms with E-state index in [4.69, 9.17) is 14.2 Å². The van der Waals surface area contributed by atoms with Crippen LogP contribution in [-0.4, -0.2) is 37.2 Å². The van der Waals surface area contributed by atoms with Gasteiger partial charge in [0.05, 0.1) is 0 Å². The Hall–Kier alpha value is -2.63. The normalized spacial score (nSPS) is 12.3. The topological polar surface area (TPSA) is 78.9 Å². The summed E-state index contributed by atoms with van der Waals surface area (Å²) in [5, 5.41) is 0. The van der Waals surface area contributed by atoms with E-state index in [1.807, 2.05) is 0 Å². The van der Waals surface area contributed by atoms with Gasteiger partial charge in [-0.1, -0.05) is 339 Å². The van der Waals surface area contributed by atoms with Crippen LogP contribution in [0.4, 0.5) is 0 Å². The van der Waals surface area contributed by atoms with Gasteiger partial charge in [-0.3, -0.25) is 14.4 Å². The maximum absolute atomic E-state index is 12.9. The molecule has 0 rings (SSSR count). The lowest BCUT2D eigenvalue weighted by Gasteiger charge is -2.18. The Kier molecular flexibility index (Phi) is 67.6. The van der Waals surface area contributed by atoms with Crippen molar-refractivity contribution in [3.05, 3.63) is 48.6 Å². The number of esters is 3. The SMILES string of the molecule is CCCCCCC/C=C\C/C=C\C/C=C\CCCCCCCCCCCCCCCCCCC(=O)OCC(COC(=O)CCCCCCCCCCCCCCCC)OC(=O)CCCCCCCCC/C=C\CCCCCCCCC. The van der Waals surface area contributed by atoms with Crippen LogP contribution in [0.15, 0.2) is 48.6 Å². The Labute approximate surface area is 505 Å². The van der Waals surface area contributed by atoms with Crippen molar-refractivity contribution in [2.75, 3.05) is 13.2 Å². The van der Waals surface area contributed by atoms with E-state index in [9.17, 15) is 14.4 Å². The molecule has 0 heterocycles. The summed E-state index contributed by atoms with van der Waals surface area (Å²) in [4.78, 5) is 38.4. The zero-order valence-electron chi connectivity index (χ0n) is 54.6. The summed E-state index contributed by atoms with van der Waals surface area (Å²) in [5.41, 5.74) is 0. The minimum Gasteiger partial charge on any atom is -0.462 e. The van der Waals surface area contributed by atoms with Crippen molar-refractivity contribution in [1.82, 2.24) is 0 Å². The van der Waals surface area contributed by atoms with E-state index in [0.29, 0.717) is 19.3 Å². The molecule has 6 nitrogen and oxygen atoms in total. The molecule has 0 N–H and O–H groups in total. The minimum absolute atomic E-state index is 0.0691. The quantitative estimate of drug-likeness (QED) is 0.0261. The standard InChI is InChI=1S/C75H138O6/c1-4-7-10-13-16-19-22-25-28-30-32-33-34-35-36-37-38-39-40-41-42-43-44-46-47-50-53-56-59-62-65-68-74(77)80-71-72(70-79-73(76)67-64-61-58-55-52-49-27-24-21-18-15-12-9-6-3)81-75(78)69-66-63-60-57-54-51-48-45-31-29-26-23-20-17-14-11-8-5-2/h22,25,29-32,34-35,72H,4-21,23-24,26-28,33,36-71H2,1-3H3/b25-22-,31-29-,32-30-,35-34-. The van der Waals surface area contributed by atoms with Gasteiger partial charge >= 0.3 is 17.9 Å². The molecule has 0 aromatic rings. The summed E-state index contributed by atoms with van der Waals surface area (Å²) < 4.78 is 17.0. The van der Waals surface area contributed by atoms with Gasteiger partial charge in [-0.25, -0.2) is 0 Å². The average molecular weight is 1140 g/mol. The lowest BCUT2D eigenvalue weighted by Crippen LogP contribution is -2.30. The second kappa shape index (κ2) is 69.9. The number of carbonyl (C=O) groups excluding carboxylic acids is 3. The third-order valence-corrected chi connectivity index (χ3v) is 16.3. The van der Waals surface area contributed by atoms with E-state index in [0.717, 1.165) is 70.6 Å². The van der Waals surface area contributed by atoms with Crippen LogP contribution in [0.2, 0.25) is 0 Å². The molecule has 0 bridgehead atoms. The van der Waals surface area contributed by atoms with Crippen LogP contribution in [0.3, 0.4) is 0 Å². The fourth-order valence-corrected chi connectivity index (χ4v) is 10.9. The van der Waals surface area contributed by atoms with Crippen LogP contribution in [-0.2, 0) is 28.6 Å². The van der Waals surface area contributed by atoms with Crippen LogP contribution in [0.5, 0.6) is 0 Å². The van der Waals surface area contributed by atoms with E-state index >= 15 is 0 Å². The van der Waals surface area contributed by atoms with Crippen LogP contribution in [0.25, 0.3) is 0 Å². The Morgan fingerprint density at radius 1 is 0.247 bits per heavy atom. The molecule has 474 valence electrons. The largest absolute Gasteiger partial charge is 0.462 e. The van der Waals surface area contributed by atoms with Gasteiger partial charge in [0.15, 0.2) is 6.10 Å². The number of ether oxygens (including phenoxy) is 3. The molecular formula is C75H138O6. The monoisotopic (exact) mass is 1140 g/mol. The van der Waals surface area contributed by atoms with Crippen molar-refractivity contribution in [1.29, 1.82) is 0 Å². The lowest BCUT2D eigenvalue weighted by atomic mass is 10.0. The van der Waals surface area contributed by atoms with Crippen LogP contribution in [0.1, 0.15) is 393 Å². The molecule has 81 heavy (non-hydrogen) atoms. The maximum Gasteiger partial charge on any atom is 0.306 e. The van der Waals surface area contributed by atoms with Crippen LogP contribution < -0.4 is 0 Å². The molecule has 6 heteroatoms. The summed E-state index contributed by atoms with van der Waals surface area (Å²) >= 11 is 0. The Morgan fingerprint density at radius 3 is 0.704 bits per heavy atom. The molecule has 0 fully saturated rings. The third-order valence-electron chi connectivity index (χ3n) is 16.3. The van der Waals surface area contributed by atoms with Gasteiger partial charge in [-0.05, 0) is 83.5 Å². The molecule has 0 saturated heterocycles. The van der Waals surface area contributed by atoms with Gasteiger partial charge < -0.3 is 14.2 Å². The molecule has 0 radical (unpaired) electrons. The van der Waals surface area contributed by atoms with Gasteiger partial charge in [0.1, 0.15) is 13.2 Å². The highest BCUT2D eigenvalue weighted by Crippen LogP contribution is 2.18. The molecule has 1 atom stereocenters. The first-order valence-corrected chi connectivity index (χ1v) is 36.1. The first kappa shape index (κ1) is 78.4. The van der Waals surface area contributed by atoms with E-state index in [2.05, 4.69) is 69.4 Å². The Morgan fingerprint density at radius 2 is 0.444 bits per heavy atom. The molecule has 1 unspecified atom stereocenters. The van der Waals surface area contributed by atoms with Crippen LogP contribution in [0, 0.1) is 0 Å². The van der Waals surface area contributed by atoms with Crippen molar-refractivity contribution >= 4 is 17.9 Å². The molecule has 0 aromatic carbocycles. The van der Waals surface area contributed by atoms with Crippen molar-refractivity contribution in [3.8, 4) is 0 Å². The van der Waals surface area contributed by atoms with Crippen molar-refractivity contribution in [3.63, 3.8) is 0 Å². The molecule has 0 spiro atoms. The van der Waals surface area contributed by atoms with Gasteiger partial charge in [-0.2, -0.15) is 0 Å². The lowest BCUT2D eigenvalue weighted by molar-refractivity contribution is -0.167. The molecule has 0 aliphatic heterocycles. The number of carbonyl (C=O) groups is 3. The summed E-state index contributed by atoms with van der Waals surface area (Å²) in [6.07, 6.45) is 88.6. The number of unbranched alkanes of at least 4 members (excludes halogenated alkanes) is 48. The summed E-state index contributed by atoms with van der Waals surface area (Å²) in [7, 11) is 0. The average Bonchev–Trinajstić information content (AvgIpc) is 3.47. The minimum atomic E-state index is -0.773. The van der Waals surface area contributed by atoms with Crippen molar-refractivity contribution in [2.45, 2.75) is 399 Å². The predicted molar refractivity (Wildman–Crippen MR) is 353 cm³/mol. The van der Waals surface area contributed by atoms with Gasteiger partial charge in [0.25, 0.3) is 0 Å². The summed E-state index contributed by atoms with van der Waals surface area (Å²) in [6, 6.07) is 0. The third kappa shape index (κ3) is 68.0. The second-order valence-corrected chi connectivity index (χ2v) is 24.5. The van der Waals surface area contributed by atoms with Gasteiger partial charge in [-0.15, -0.1) is 0 Å². The fraction of sp³-hybridized carbons (Fsp3) is 0.853. The number of hydrogen-bond acceptors (Lipinski definition) is 6. The molecule has 0 saturated carbocycles. The van der Waals surface area contributed by atoms with Gasteiger partial charge in [0.2, 0.25) is 0 Å². The smallest absolute Gasteiger partial charge is 0.306 e. The highest BCUT2D eigenvalue weighted by molar-refractivity contribution is 5.71. The predicted octanol–water partition coefficient (Wildman–Crippen LogP) is 24.9. The second-order valence-electron chi connectivity index (χ2n) is 24.5. The molecule has 0 aliphatic rings. The zero-order valence-corrected chi connectivity index (χ0v) is 54.6. The van der Waals surface area contributed by atoms with E-state index in [1.165, 1.54) is 283 Å². The number of hydrogen-bond donors (Lipinski definition) is 0. The maximum atomic E-state index is 12.9. The first-order chi connectivity index (χ1) is 40.0. The molecule has 0 aliphatic carbocycles. The van der Waals surface area contributed by atoms with Crippen molar-refractivity contribution < 1.29 is 28.6 Å². The van der Waals surface area contributed by atoms with Crippen molar-refractivity contribution in [2.24, 2.45) is 0 Å². The molecule has 0 amide bonds. The van der Waals surface area contributed by atoms with E-state index < -0.39 is 6.10 Å². The molecular weight excluding hydrogens is 997 g/mol. The Bertz CT molecular complexity index is 1400. The highest BCUT2D eigenvalue weighted by atomic mass is 16.6. The zero-order chi connectivity index (χ0) is 58.5. The number of rotatable bonds is 67. The van der Waals surface area contributed by atoms with Crippen LogP contribution >= 0.6 is 0 Å². The van der Waals surface area contributed by atoms with Gasteiger partial charge in [0, 0.05) is 19.3 Å². The Balaban J connectivity index is 4.19. The molecule has 0 aromatic heterocycles. The number of allylic oxidation sites excluding steroid dienone is 8. The van der Waals surface area contributed by atoms with E-state index in [-0.39, 0.29) is 31.1 Å². The van der Waals surface area contributed by atoms with E-state index in [1.54, 1.807) is 0 Å². The fourth-order valence-electron chi connectivity index (χ4n) is 10.9.